The van der Waals surface area contributed by atoms with E-state index in [1.54, 1.807) is 17.9 Å². The molecule has 3 aromatic rings. The second-order valence-electron chi connectivity index (χ2n) is 9.54. The molecule has 2 aliphatic rings. The average Bonchev–Trinajstić information content (AvgIpc) is 3.61. The molecule has 0 bridgehead atoms. The van der Waals surface area contributed by atoms with Gasteiger partial charge in [-0.05, 0) is 55.0 Å². The zero-order chi connectivity index (χ0) is 28.3. The van der Waals surface area contributed by atoms with Gasteiger partial charge in [0, 0.05) is 50.5 Å². The number of nitrogens with zero attached hydrogens (tertiary/aromatic N) is 7. The monoisotopic (exact) mass is 548 g/mol. The summed E-state index contributed by atoms with van der Waals surface area (Å²) in [6.45, 7) is 9.63. The largest absolute Gasteiger partial charge is 0.493 e. The quantitative estimate of drug-likeness (QED) is 0.323. The van der Waals surface area contributed by atoms with Gasteiger partial charge in [-0.1, -0.05) is 13.8 Å². The van der Waals surface area contributed by atoms with E-state index in [1.165, 1.54) is 23.0 Å². The molecular weight excluding hydrogens is 508 g/mol. The van der Waals surface area contributed by atoms with Gasteiger partial charge in [-0.15, -0.1) is 0 Å². The van der Waals surface area contributed by atoms with Gasteiger partial charge in [0.05, 0.1) is 37.9 Å². The fourth-order valence-corrected chi connectivity index (χ4v) is 4.85. The first-order valence-corrected chi connectivity index (χ1v) is 13.9. The van der Waals surface area contributed by atoms with Gasteiger partial charge in [-0.2, -0.15) is 5.10 Å². The van der Waals surface area contributed by atoms with E-state index in [2.05, 4.69) is 49.1 Å². The smallest absolute Gasteiger partial charge is 0.350 e. The Labute approximate surface area is 235 Å². The minimum Gasteiger partial charge on any atom is -0.493 e. The molecule has 11 nitrogen and oxygen atoms in total. The van der Waals surface area contributed by atoms with Gasteiger partial charge >= 0.3 is 5.69 Å². The van der Waals surface area contributed by atoms with Crippen LogP contribution in [-0.2, 0) is 11.8 Å². The van der Waals surface area contributed by atoms with Gasteiger partial charge in [0.15, 0.2) is 0 Å². The van der Waals surface area contributed by atoms with Crippen molar-refractivity contribution < 1.29 is 9.47 Å². The third kappa shape index (κ3) is 7.29. The molecule has 0 radical (unpaired) electrons. The summed E-state index contributed by atoms with van der Waals surface area (Å²) in [6.07, 6.45) is 5.26. The van der Waals surface area contributed by atoms with E-state index >= 15 is 0 Å². The van der Waals surface area contributed by atoms with E-state index in [-0.39, 0.29) is 11.8 Å². The van der Waals surface area contributed by atoms with Crippen LogP contribution in [0.25, 0.3) is 5.69 Å². The lowest BCUT2D eigenvalue weighted by Gasteiger charge is -2.37. The summed E-state index contributed by atoms with van der Waals surface area (Å²) in [5.74, 6) is 1.24. The van der Waals surface area contributed by atoms with Crippen LogP contribution in [0.4, 0.5) is 11.4 Å². The Kier molecular flexibility index (Phi) is 10.3. The molecule has 2 atom stereocenters. The van der Waals surface area contributed by atoms with Crippen molar-refractivity contribution >= 4 is 24.1 Å². The highest BCUT2D eigenvalue weighted by atomic mass is 16.5. The number of rotatable bonds is 9. The predicted octanol–water partition coefficient (Wildman–Crippen LogP) is 2.72. The zero-order valence-electron chi connectivity index (χ0n) is 23.6. The van der Waals surface area contributed by atoms with E-state index < -0.39 is 0 Å². The Bertz CT molecular complexity index is 1290. The van der Waals surface area contributed by atoms with Crippen molar-refractivity contribution in [1.82, 2.24) is 14.3 Å². The maximum absolute atomic E-state index is 12.1. The highest BCUT2D eigenvalue weighted by molar-refractivity contribution is 5.69. The lowest BCUT2D eigenvalue weighted by molar-refractivity contribution is 0.108. The summed E-state index contributed by atoms with van der Waals surface area (Å²) < 4.78 is 14.7. The Hall–Kier alpha value is -4.12. The average molecular weight is 549 g/mol. The first-order chi connectivity index (χ1) is 19.6. The van der Waals surface area contributed by atoms with E-state index in [1.807, 2.05) is 38.1 Å². The number of piperazine rings is 1. The SMILES string of the molecule is CC.Cn1ncn(-c2ccc(N3CCN(c4ccc(OCC5COC(CN=CN=CN)C5)cc4)CC3)cc2)c1=O. The molecule has 3 heterocycles. The van der Waals surface area contributed by atoms with Crippen molar-refractivity contribution in [1.29, 1.82) is 0 Å². The fraction of sp³-hybridized carbons (Fsp3) is 0.448. The predicted molar refractivity (Wildman–Crippen MR) is 160 cm³/mol. The van der Waals surface area contributed by atoms with Crippen molar-refractivity contribution in [3.05, 3.63) is 65.3 Å². The summed E-state index contributed by atoms with van der Waals surface area (Å²) in [5.41, 5.74) is 8.22. The fourth-order valence-electron chi connectivity index (χ4n) is 4.85. The normalized spacial score (nSPS) is 19.3. The molecule has 2 aromatic carbocycles. The minimum absolute atomic E-state index is 0.109. The Morgan fingerprint density at radius 1 is 1.00 bits per heavy atom. The van der Waals surface area contributed by atoms with Crippen molar-refractivity contribution in [3.63, 3.8) is 0 Å². The summed E-state index contributed by atoms with van der Waals surface area (Å²) >= 11 is 0. The Balaban J connectivity index is 0.00000181. The number of aromatic nitrogens is 3. The third-order valence-electron chi connectivity index (χ3n) is 6.99. The molecule has 1 aromatic heterocycles. The third-order valence-corrected chi connectivity index (χ3v) is 6.99. The topological polar surface area (TPSA) is 116 Å². The van der Waals surface area contributed by atoms with Gasteiger partial charge in [0.2, 0.25) is 0 Å². The zero-order valence-corrected chi connectivity index (χ0v) is 23.6. The van der Waals surface area contributed by atoms with Crippen molar-refractivity contribution in [2.45, 2.75) is 26.4 Å². The number of benzene rings is 2. The molecular formula is C29H40N8O3. The second-order valence-corrected chi connectivity index (χ2v) is 9.54. The molecule has 0 saturated carbocycles. The van der Waals surface area contributed by atoms with E-state index in [0.717, 1.165) is 49.7 Å². The van der Waals surface area contributed by atoms with Gasteiger partial charge in [-0.3, -0.25) is 4.99 Å². The number of hydrogen-bond acceptors (Lipinski definition) is 7. The number of hydrogen-bond donors (Lipinski definition) is 1. The van der Waals surface area contributed by atoms with Crippen LogP contribution in [0.5, 0.6) is 5.75 Å². The van der Waals surface area contributed by atoms with Gasteiger partial charge in [0.25, 0.3) is 0 Å². The molecule has 2 saturated heterocycles. The highest BCUT2D eigenvalue weighted by Crippen LogP contribution is 2.25. The van der Waals surface area contributed by atoms with Crippen molar-refractivity contribution in [3.8, 4) is 11.4 Å². The first-order valence-electron chi connectivity index (χ1n) is 13.9. The number of aryl methyl sites for hydroxylation is 1. The minimum atomic E-state index is -0.153. The second kappa shape index (κ2) is 14.3. The van der Waals surface area contributed by atoms with E-state index in [9.17, 15) is 4.79 Å². The molecule has 5 rings (SSSR count). The standard InChI is InChI=1S/C27H34N8O3.C2H6/c1-32-27(36)35(20-31-32)24-4-2-22(3-5-24)33-10-12-34(13-11-33)23-6-8-25(9-7-23)37-16-21-14-26(38-17-21)15-29-19-30-18-28;1-2/h2-9,18-21,26H,10-17H2,1H3,(H2,28,29,30);1-2H3. The summed E-state index contributed by atoms with van der Waals surface area (Å²) in [6, 6.07) is 16.4. The van der Waals surface area contributed by atoms with Crippen LogP contribution in [-0.4, -0.2) is 79.1 Å². The van der Waals surface area contributed by atoms with E-state index in [4.69, 9.17) is 15.2 Å². The van der Waals surface area contributed by atoms with Crippen molar-refractivity contribution in [2.24, 2.45) is 28.7 Å². The van der Waals surface area contributed by atoms with Crippen molar-refractivity contribution in [2.75, 3.05) is 55.7 Å². The number of anilines is 2. The molecule has 214 valence electrons. The summed E-state index contributed by atoms with van der Waals surface area (Å²) in [4.78, 5) is 24.9. The molecule has 0 spiro atoms. The Morgan fingerprint density at radius 3 is 2.17 bits per heavy atom. The first kappa shape index (κ1) is 28.9. The molecule has 40 heavy (non-hydrogen) atoms. The summed E-state index contributed by atoms with van der Waals surface area (Å²) in [5, 5.41) is 4.02. The molecule has 0 amide bonds. The molecule has 11 heteroatoms. The van der Waals surface area contributed by atoms with Crippen LogP contribution in [0.2, 0.25) is 0 Å². The molecule has 2 aliphatic heterocycles. The number of aliphatic imine (C=N–C) groups is 2. The molecule has 2 unspecified atom stereocenters. The van der Waals surface area contributed by atoms with Crippen LogP contribution < -0.4 is 26.0 Å². The van der Waals surface area contributed by atoms with Gasteiger partial charge < -0.3 is 25.0 Å². The molecule has 0 aliphatic carbocycles. The number of ether oxygens (including phenoxy) is 2. The maximum atomic E-state index is 12.1. The van der Waals surface area contributed by atoms with Gasteiger partial charge in [-0.25, -0.2) is 19.0 Å². The number of nitrogens with two attached hydrogens (primary N) is 1. The molecule has 2 fully saturated rings. The van der Waals surface area contributed by atoms with Crippen LogP contribution in [0.15, 0.2) is 69.6 Å². The van der Waals surface area contributed by atoms with Crippen LogP contribution in [0.1, 0.15) is 20.3 Å². The lowest BCUT2D eigenvalue weighted by atomic mass is 10.1. The van der Waals surface area contributed by atoms with Crippen LogP contribution >= 0.6 is 0 Å². The lowest BCUT2D eigenvalue weighted by Crippen LogP contribution is -2.46. The van der Waals surface area contributed by atoms with Gasteiger partial charge in [0.1, 0.15) is 18.4 Å². The highest BCUT2D eigenvalue weighted by Gasteiger charge is 2.25. The maximum Gasteiger partial charge on any atom is 0.350 e. The van der Waals surface area contributed by atoms with Crippen LogP contribution in [0.3, 0.4) is 0 Å². The Morgan fingerprint density at radius 2 is 1.60 bits per heavy atom. The van der Waals surface area contributed by atoms with E-state index in [0.29, 0.717) is 25.7 Å². The molecule has 2 N–H and O–H groups in total. The summed E-state index contributed by atoms with van der Waals surface area (Å²) in [7, 11) is 1.65. The van der Waals surface area contributed by atoms with Crippen LogP contribution in [0, 0.1) is 5.92 Å².